The summed E-state index contributed by atoms with van der Waals surface area (Å²) in [5.74, 6) is 1.36. The second kappa shape index (κ2) is 4.25. The number of H-pyrrole nitrogens is 1. The lowest BCUT2D eigenvalue weighted by Crippen LogP contribution is -2.04. The molecule has 0 saturated carbocycles. The van der Waals surface area contributed by atoms with Gasteiger partial charge in [0.15, 0.2) is 5.82 Å². The van der Waals surface area contributed by atoms with Gasteiger partial charge in [-0.3, -0.25) is 0 Å². The molecular weight excluding hydrogens is 245 g/mol. The van der Waals surface area contributed by atoms with Gasteiger partial charge in [0.1, 0.15) is 11.6 Å². The number of aryl methyl sites for hydroxylation is 1. The summed E-state index contributed by atoms with van der Waals surface area (Å²) in [5.41, 5.74) is 5.42. The molecule has 4 nitrogen and oxygen atoms in total. The first-order valence-corrected chi connectivity index (χ1v) is 5.12. The zero-order valence-electron chi connectivity index (χ0n) is 9.47. The molecule has 1 aromatic heterocycles. The molecule has 0 aliphatic carbocycles. The number of alkyl halides is 3. The molecule has 0 unspecified atom stereocenters. The Balaban J connectivity index is 2.18. The fourth-order valence-electron chi connectivity index (χ4n) is 1.48. The summed E-state index contributed by atoms with van der Waals surface area (Å²) in [6.07, 6.45) is -4.33. The van der Waals surface area contributed by atoms with Crippen LogP contribution in [0.4, 0.5) is 30.5 Å². The van der Waals surface area contributed by atoms with E-state index in [1.807, 2.05) is 0 Å². The third-order valence-corrected chi connectivity index (χ3v) is 2.33. The molecular formula is C11H11F3N4. The fraction of sp³-hybridized carbons (Fsp3) is 0.182. The number of hydrogen-bond acceptors (Lipinski definition) is 3. The van der Waals surface area contributed by atoms with E-state index in [1.165, 1.54) is 12.1 Å². The quantitative estimate of drug-likeness (QED) is 0.773. The topological polar surface area (TPSA) is 66.7 Å². The first kappa shape index (κ1) is 12.3. The molecule has 1 heterocycles. The van der Waals surface area contributed by atoms with E-state index in [2.05, 4.69) is 15.3 Å². The van der Waals surface area contributed by atoms with E-state index in [-0.39, 0.29) is 0 Å². The van der Waals surface area contributed by atoms with Gasteiger partial charge in [-0.2, -0.15) is 13.2 Å². The lowest BCUT2D eigenvalue weighted by Gasteiger charge is -2.08. The van der Waals surface area contributed by atoms with Gasteiger partial charge in [-0.1, -0.05) is 0 Å². The van der Waals surface area contributed by atoms with Crippen molar-refractivity contribution in [1.29, 1.82) is 0 Å². The van der Waals surface area contributed by atoms with Crippen LogP contribution in [0.5, 0.6) is 0 Å². The lowest BCUT2D eigenvalue weighted by atomic mass is 10.2. The van der Waals surface area contributed by atoms with Gasteiger partial charge < -0.3 is 16.0 Å². The number of benzene rings is 1. The molecule has 7 heteroatoms. The molecule has 0 bridgehead atoms. The van der Waals surface area contributed by atoms with Crippen molar-refractivity contribution in [2.75, 3.05) is 11.1 Å². The van der Waals surface area contributed by atoms with Crippen LogP contribution in [0.1, 0.15) is 11.4 Å². The molecule has 0 amide bonds. The summed E-state index contributed by atoms with van der Waals surface area (Å²) < 4.78 is 37.1. The van der Waals surface area contributed by atoms with Crippen LogP contribution in [0.15, 0.2) is 24.3 Å². The zero-order chi connectivity index (χ0) is 13.3. The van der Waals surface area contributed by atoms with Gasteiger partial charge in [-0.25, -0.2) is 4.98 Å². The van der Waals surface area contributed by atoms with Gasteiger partial charge in [0.05, 0.1) is 5.56 Å². The molecule has 2 rings (SSSR count). The predicted octanol–water partition coefficient (Wildman–Crippen LogP) is 3.06. The molecule has 0 spiro atoms. The molecule has 0 aliphatic rings. The van der Waals surface area contributed by atoms with E-state index in [0.29, 0.717) is 23.1 Å². The van der Waals surface area contributed by atoms with Crippen molar-refractivity contribution in [2.45, 2.75) is 13.1 Å². The predicted molar refractivity (Wildman–Crippen MR) is 62.5 cm³/mol. The summed E-state index contributed by atoms with van der Waals surface area (Å²) in [5, 5.41) is 2.84. The first-order chi connectivity index (χ1) is 8.36. The van der Waals surface area contributed by atoms with Crippen LogP contribution < -0.4 is 11.1 Å². The molecule has 4 N–H and O–H groups in total. The number of rotatable bonds is 2. The molecule has 18 heavy (non-hydrogen) atoms. The Bertz CT molecular complexity index is 542. The second-order valence-electron chi connectivity index (χ2n) is 3.78. The van der Waals surface area contributed by atoms with Crippen molar-refractivity contribution in [1.82, 2.24) is 9.97 Å². The summed E-state index contributed by atoms with van der Waals surface area (Å²) in [6, 6.07) is 4.65. The summed E-state index contributed by atoms with van der Waals surface area (Å²) in [7, 11) is 0. The van der Waals surface area contributed by atoms with Crippen LogP contribution in [0.2, 0.25) is 0 Å². The average molecular weight is 256 g/mol. The SMILES string of the molecule is Cc1nc(Nc2ccc(C(F)(F)F)cc2)c(N)[nH]1. The van der Waals surface area contributed by atoms with Crippen LogP contribution in [0.3, 0.4) is 0 Å². The van der Waals surface area contributed by atoms with Crippen molar-refractivity contribution in [3.05, 3.63) is 35.7 Å². The van der Waals surface area contributed by atoms with E-state index in [1.54, 1.807) is 6.92 Å². The highest BCUT2D eigenvalue weighted by molar-refractivity contribution is 5.66. The van der Waals surface area contributed by atoms with E-state index in [4.69, 9.17) is 5.73 Å². The Morgan fingerprint density at radius 1 is 1.22 bits per heavy atom. The standard InChI is InChI=1S/C11H11F3N4/c1-6-16-9(15)10(17-6)18-8-4-2-7(3-5-8)11(12,13)14/h2-5,18H,15H2,1H3,(H,16,17). The molecule has 0 aliphatic heterocycles. The highest BCUT2D eigenvalue weighted by atomic mass is 19.4. The Kier molecular flexibility index (Phi) is 2.90. The number of imidazole rings is 1. The van der Waals surface area contributed by atoms with E-state index < -0.39 is 11.7 Å². The third kappa shape index (κ3) is 2.55. The molecule has 0 atom stereocenters. The van der Waals surface area contributed by atoms with Gasteiger partial charge in [-0.05, 0) is 31.2 Å². The fourth-order valence-corrected chi connectivity index (χ4v) is 1.48. The van der Waals surface area contributed by atoms with E-state index in [0.717, 1.165) is 12.1 Å². The van der Waals surface area contributed by atoms with Crippen molar-refractivity contribution in [3.8, 4) is 0 Å². The Labute approximate surface area is 101 Å². The second-order valence-corrected chi connectivity index (χ2v) is 3.78. The minimum Gasteiger partial charge on any atom is -0.382 e. The van der Waals surface area contributed by atoms with Crippen LogP contribution in [0, 0.1) is 6.92 Å². The highest BCUT2D eigenvalue weighted by Crippen LogP contribution is 2.30. The smallest absolute Gasteiger partial charge is 0.382 e. The van der Waals surface area contributed by atoms with Crippen LogP contribution >= 0.6 is 0 Å². The van der Waals surface area contributed by atoms with Gasteiger partial charge in [0, 0.05) is 5.69 Å². The maximum atomic E-state index is 12.4. The Hall–Kier alpha value is -2.18. The minimum absolute atomic E-state index is 0.340. The first-order valence-electron chi connectivity index (χ1n) is 5.12. The Morgan fingerprint density at radius 2 is 1.83 bits per heavy atom. The van der Waals surface area contributed by atoms with Crippen LogP contribution in [-0.4, -0.2) is 9.97 Å². The summed E-state index contributed by atoms with van der Waals surface area (Å²) >= 11 is 0. The van der Waals surface area contributed by atoms with Crippen molar-refractivity contribution >= 4 is 17.3 Å². The molecule has 1 aromatic carbocycles. The number of nitrogens with zero attached hydrogens (tertiary/aromatic N) is 1. The van der Waals surface area contributed by atoms with Gasteiger partial charge in [0.25, 0.3) is 0 Å². The third-order valence-electron chi connectivity index (χ3n) is 2.33. The number of hydrogen-bond donors (Lipinski definition) is 3. The average Bonchev–Trinajstić information content (AvgIpc) is 2.57. The number of aromatic amines is 1. The van der Waals surface area contributed by atoms with Gasteiger partial charge in [-0.15, -0.1) is 0 Å². The van der Waals surface area contributed by atoms with E-state index in [9.17, 15) is 13.2 Å². The number of nitrogens with two attached hydrogens (primary N) is 1. The van der Waals surface area contributed by atoms with E-state index >= 15 is 0 Å². The Morgan fingerprint density at radius 3 is 2.28 bits per heavy atom. The summed E-state index contributed by atoms with van der Waals surface area (Å²) in [4.78, 5) is 6.85. The number of anilines is 3. The highest BCUT2D eigenvalue weighted by Gasteiger charge is 2.29. The van der Waals surface area contributed by atoms with Crippen LogP contribution in [-0.2, 0) is 6.18 Å². The van der Waals surface area contributed by atoms with Crippen molar-refractivity contribution in [2.24, 2.45) is 0 Å². The normalized spacial score (nSPS) is 11.6. The lowest BCUT2D eigenvalue weighted by molar-refractivity contribution is -0.137. The largest absolute Gasteiger partial charge is 0.416 e. The molecule has 0 saturated heterocycles. The van der Waals surface area contributed by atoms with Crippen molar-refractivity contribution < 1.29 is 13.2 Å². The zero-order valence-corrected chi connectivity index (χ0v) is 9.47. The monoisotopic (exact) mass is 256 g/mol. The molecule has 96 valence electrons. The summed E-state index contributed by atoms with van der Waals surface area (Å²) in [6.45, 7) is 1.73. The number of halogens is 3. The maximum Gasteiger partial charge on any atom is 0.416 e. The van der Waals surface area contributed by atoms with Crippen LogP contribution in [0.25, 0.3) is 0 Å². The maximum absolute atomic E-state index is 12.4. The number of aromatic nitrogens is 2. The minimum atomic E-state index is -4.33. The molecule has 0 radical (unpaired) electrons. The number of nitrogen functional groups attached to an aromatic ring is 1. The van der Waals surface area contributed by atoms with Gasteiger partial charge >= 0.3 is 6.18 Å². The molecule has 2 aromatic rings. The molecule has 0 fully saturated rings. The van der Waals surface area contributed by atoms with Gasteiger partial charge in [0.2, 0.25) is 0 Å². The number of nitrogens with one attached hydrogen (secondary N) is 2. The van der Waals surface area contributed by atoms with Crippen molar-refractivity contribution in [3.63, 3.8) is 0 Å².